The number of fused-ring (bicyclic) bond motifs is 1. The number of rotatable bonds is 4. The van der Waals surface area contributed by atoms with Crippen LogP contribution in [0.1, 0.15) is 18.7 Å². The maximum Gasteiger partial charge on any atom is 0.315 e. The summed E-state index contributed by atoms with van der Waals surface area (Å²) in [6.07, 6.45) is 0. The molecule has 1 aliphatic heterocycles. The molecule has 1 saturated heterocycles. The molecule has 3 rings (SSSR count). The molecule has 0 bridgehead atoms. The van der Waals surface area contributed by atoms with Crippen molar-refractivity contribution in [2.75, 3.05) is 13.7 Å². The highest BCUT2D eigenvalue weighted by Gasteiger charge is 2.28. The summed E-state index contributed by atoms with van der Waals surface area (Å²) in [5, 5.41) is 8.83. The Balaban J connectivity index is 1.76. The van der Waals surface area contributed by atoms with E-state index in [1.807, 2.05) is 31.2 Å². The molecule has 0 unspecified atom stereocenters. The Labute approximate surface area is 127 Å². The number of hydrogen-bond acceptors (Lipinski definition) is 4. The van der Waals surface area contributed by atoms with Crippen LogP contribution >= 0.6 is 0 Å². The molecule has 22 heavy (non-hydrogen) atoms. The van der Waals surface area contributed by atoms with E-state index < -0.39 is 6.04 Å². The smallest absolute Gasteiger partial charge is 0.315 e. The number of hydrogen-bond donors (Lipinski definition) is 3. The van der Waals surface area contributed by atoms with Gasteiger partial charge < -0.3 is 25.1 Å². The second kappa shape index (κ2) is 5.59. The Bertz CT molecular complexity index is 725. The van der Waals surface area contributed by atoms with Gasteiger partial charge in [0.15, 0.2) is 11.3 Å². The van der Waals surface area contributed by atoms with E-state index in [0.717, 1.165) is 5.39 Å². The van der Waals surface area contributed by atoms with Gasteiger partial charge in [0.2, 0.25) is 5.91 Å². The number of carbonyl (C=O) groups is 2. The minimum atomic E-state index is -0.561. The molecule has 0 aliphatic carbocycles. The number of benzene rings is 1. The van der Waals surface area contributed by atoms with Crippen molar-refractivity contribution < 1.29 is 18.7 Å². The average molecular weight is 303 g/mol. The normalized spacial score (nSPS) is 18.6. The predicted molar refractivity (Wildman–Crippen MR) is 79.6 cm³/mol. The van der Waals surface area contributed by atoms with Gasteiger partial charge in [-0.05, 0) is 19.1 Å². The topological polar surface area (TPSA) is 92.6 Å². The van der Waals surface area contributed by atoms with Crippen LogP contribution in [0.5, 0.6) is 5.75 Å². The Kier molecular flexibility index (Phi) is 3.62. The fourth-order valence-electron chi connectivity index (χ4n) is 2.43. The van der Waals surface area contributed by atoms with Crippen LogP contribution < -0.4 is 20.7 Å². The molecule has 116 valence electrons. The minimum absolute atomic E-state index is 0.252. The standard InChI is InChI=1S/C15H17N3O4/c1-8(17-14(19)10-7-16-15(20)18-10)12-6-9-4-3-5-11(21-2)13(9)22-12/h3-6,8,10H,7H2,1-2H3,(H,17,19)(H2,16,18,20)/t8-,10+/m0/s1. The summed E-state index contributed by atoms with van der Waals surface area (Å²) in [7, 11) is 1.58. The fraction of sp³-hybridized carbons (Fsp3) is 0.333. The molecule has 0 radical (unpaired) electrons. The van der Waals surface area contributed by atoms with Crippen LogP contribution in [0.25, 0.3) is 11.0 Å². The van der Waals surface area contributed by atoms with E-state index in [2.05, 4.69) is 16.0 Å². The molecule has 3 amide bonds. The molecule has 0 spiro atoms. The van der Waals surface area contributed by atoms with E-state index in [0.29, 0.717) is 17.1 Å². The number of methoxy groups -OCH3 is 1. The van der Waals surface area contributed by atoms with Crippen molar-refractivity contribution in [3.05, 3.63) is 30.0 Å². The Morgan fingerprint density at radius 3 is 3.00 bits per heavy atom. The molecular formula is C15H17N3O4. The third-order valence-electron chi connectivity index (χ3n) is 3.62. The average Bonchev–Trinajstić information content (AvgIpc) is 3.12. The monoisotopic (exact) mass is 303 g/mol. The van der Waals surface area contributed by atoms with Gasteiger partial charge in [0.25, 0.3) is 0 Å². The first-order chi connectivity index (χ1) is 10.6. The van der Waals surface area contributed by atoms with Crippen molar-refractivity contribution in [2.45, 2.75) is 19.0 Å². The van der Waals surface area contributed by atoms with E-state index >= 15 is 0 Å². The van der Waals surface area contributed by atoms with Crippen LogP contribution in [0.3, 0.4) is 0 Å². The van der Waals surface area contributed by atoms with Crippen molar-refractivity contribution >= 4 is 22.9 Å². The van der Waals surface area contributed by atoms with E-state index in [1.54, 1.807) is 7.11 Å². The largest absolute Gasteiger partial charge is 0.493 e. The summed E-state index contributed by atoms with van der Waals surface area (Å²) in [5.74, 6) is 1.03. The van der Waals surface area contributed by atoms with Gasteiger partial charge in [-0.1, -0.05) is 12.1 Å². The number of para-hydroxylation sites is 1. The molecule has 1 aliphatic rings. The fourth-order valence-corrected chi connectivity index (χ4v) is 2.43. The van der Waals surface area contributed by atoms with Gasteiger partial charge in [0.1, 0.15) is 11.8 Å². The van der Waals surface area contributed by atoms with Crippen LogP contribution in [0, 0.1) is 0 Å². The summed E-state index contributed by atoms with van der Waals surface area (Å²) in [6.45, 7) is 2.11. The molecule has 1 aromatic heterocycles. The number of nitrogens with one attached hydrogen (secondary N) is 3. The summed E-state index contributed by atoms with van der Waals surface area (Å²) in [5.41, 5.74) is 0.650. The molecule has 2 atom stereocenters. The summed E-state index contributed by atoms with van der Waals surface area (Å²) in [4.78, 5) is 23.1. The van der Waals surface area contributed by atoms with Gasteiger partial charge in [-0.2, -0.15) is 0 Å². The molecule has 2 aromatic rings. The maximum atomic E-state index is 12.1. The van der Waals surface area contributed by atoms with E-state index in [4.69, 9.17) is 9.15 Å². The lowest BCUT2D eigenvalue weighted by Gasteiger charge is -2.14. The van der Waals surface area contributed by atoms with E-state index in [-0.39, 0.29) is 24.5 Å². The third kappa shape index (κ3) is 2.57. The van der Waals surface area contributed by atoms with Crippen molar-refractivity contribution in [3.63, 3.8) is 0 Å². The molecule has 7 heteroatoms. The lowest BCUT2D eigenvalue weighted by Crippen LogP contribution is -2.43. The van der Waals surface area contributed by atoms with Gasteiger partial charge >= 0.3 is 6.03 Å². The zero-order valence-corrected chi connectivity index (χ0v) is 12.3. The maximum absolute atomic E-state index is 12.1. The van der Waals surface area contributed by atoms with Gasteiger partial charge in [-0.15, -0.1) is 0 Å². The first-order valence-electron chi connectivity index (χ1n) is 6.99. The molecule has 2 heterocycles. The van der Waals surface area contributed by atoms with Crippen LogP contribution in [0.15, 0.2) is 28.7 Å². The molecule has 7 nitrogen and oxygen atoms in total. The highest BCUT2D eigenvalue weighted by Crippen LogP contribution is 2.30. The zero-order chi connectivity index (χ0) is 15.7. The summed E-state index contributed by atoms with van der Waals surface area (Å²) in [6, 6.07) is 6.27. The van der Waals surface area contributed by atoms with Crippen molar-refractivity contribution in [2.24, 2.45) is 0 Å². The lowest BCUT2D eigenvalue weighted by molar-refractivity contribution is -0.123. The van der Waals surface area contributed by atoms with Crippen LogP contribution in [0.2, 0.25) is 0 Å². The minimum Gasteiger partial charge on any atom is -0.493 e. The number of furan rings is 1. The number of ether oxygens (including phenoxy) is 1. The second-order valence-electron chi connectivity index (χ2n) is 5.16. The molecule has 1 aromatic carbocycles. The molecular weight excluding hydrogens is 286 g/mol. The molecule has 3 N–H and O–H groups in total. The quantitative estimate of drug-likeness (QED) is 0.794. The van der Waals surface area contributed by atoms with E-state index in [9.17, 15) is 9.59 Å². The second-order valence-corrected chi connectivity index (χ2v) is 5.16. The Morgan fingerprint density at radius 1 is 1.50 bits per heavy atom. The summed E-state index contributed by atoms with van der Waals surface area (Å²) >= 11 is 0. The van der Waals surface area contributed by atoms with Gasteiger partial charge in [0.05, 0.1) is 13.2 Å². The first-order valence-corrected chi connectivity index (χ1v) is 6.99. The Morgan fingerprint density at radius 2 is 2.32 bits per heavy atom. The van der Waals surface area contributed by atoms with Crippen LogP contribution in [-0.2, 0) is 4.79 Å². The summed E-state index contributed by atoms with van der Waals surface area (Å²) < 4.78 is 11.1. The molecule has 0 saturated carbocycles. The lowest BCUT2D eigenvalue weighted by atomic mass is 10.2. The number of carbonyl (C=O) groups excluding carboxylic acids is 2. The highest BCUT2D eigenvalue weighted by atomic mass is 16.5. The van der Waals surface area contributed by atoms with Gasteiger partial charge in [0, 0.05) is 11.9 Å². The molecule has 1 fully saturated rings. The van der Waals surface area contributed by atoms with E-state index in [1.165, 1.54) is 0 Å². The van der Waals surface area contributed by atoms with Crippen molar-refractivity contribution in [1.82, 2.24) is 16.0 Å². The zero-order valence-electron chi connectivity index (χ0n) is 12.3. The third-order valence-corrected chi connectivity index (χ3v) is 3.62. The number of urea groups is 1. The van der Waals surface area contributed by atoms with Crippen molar-refractivity contribution in [3.8, 4) is 5.75 Å². The van der Waals surface area contributed by atoms with Crippen molar-refractivity contribution in [1.29, 1.82) is 0 Å². The predicted octanol–water partition coefficient (Wildman–Crippen LogP) is 1.30. The first kappa shape index (κ1) is 14.2. The Hall–Kier alpha value is -2.70. The van der Waals surface area contributed by atoms with Crippen LogP contribution in [0.4, 0.5) is 4.79 Å². The van der Waals surface area contributed by atoms with Crippen LogP contribution in [-0.4, -0.2) is 31.6 Å². The number of amides is 3. The highest BCUT2D eigenvalue weighted by molar-refractivity contribution is 5.90. The van der Waals surface area contributed by atoms with Gasteiger partial charge in [-0.3, -0.25) is 4.79 Å². The SMILES string of the molecule is COc1cccc2cc([C@H](C)NC(=O)[C@H]3CNC(=O)N3)oc12. The van der Waals surface area contributed by atoms with Gasteiger partial charge in [-0.25, -0.2) is 4.79 Å².